The molecule has 3 aromatic rings. The summed E-state index contributed by atoms with van der Waals surface area (Å²) in [6, 6.07) is 5.91. The van der Waals surface area contributed by atoms with Crippen molar-refractivity contribution in [3.8, 4) is 11.4 Å². The van der Waals surface area contributed by atoms with E-state index in [1.807, 2.05) is 19.1 Å². The van der Waals surface area contributed by atoms with Crippen LogP contribution in [0.4, 0.5) is 5.82 Å². The fourth-order valence-corrected chi connectivity index (χ4v) is 3.02. The van der Waals surface area contributed by atoms with Crippen molar-refractivity contribution in [2.24, 2.45) is 0 Å². The van der Waals surface area contributed by atoms with Crippen molar-refractivity contribution in [1.29, 1.82) is 0 Å². The maximum Gasteiger partial charge on any atom is 0.254 e. The monoisotopic (exact) mass is 326 g/mol. The number of thiophene rings is 1. The third kappa shape index (κ3) is 3.32. The molecule has 6 heteroatoms. The van der Waals surface area contributed by atoms with Gasteiger partial charge in [0.25, 0.3) is 5.56 Å². The number of pyridine rings is 1. The highest BCUT2D eigenvalue weighted by Crippen LogP contribution is 2.19. The topological polar surface area (TPSA) is 70.7 Å². The summed E-state index contributed by atoms with van der Waals surface area (Å²) < 4.78 is 0. The van der Waals surface area contributed by atoms with Crippen LogP contribution in [0, 0.1) is 20.8 Å². The molecule has 0 atom stereocenters. The molecular formula is C17H18N4OS. The first-order valence-electron chi connectivity index (χ1n) is 7.35. The summed E-state index contributed by atoms with van der Waals surface area (Å²) in [5.74, 6) is 1.35. The van der Waals surface area contributed by atoms with Crippen molar-refractivity contribution in [3.05, 3.63) is 61.8 Å². The summed E-state index contributed by atoms with van der Waals surface area (Å²) in [5.41, 5.74) is 3.35. The summed E-state index contributed by atoms with van der Waals surface area (Å²) in [6.07, 6.45) is 1.72. The van der Waals surface area contributed by atoms with Crippen LogP contribution in [0.3, 0.4) is 0 Å². The zero-order chi connectivity index (χ0) is 16.4. The van der Waals surface area contributed by atoms with Crippen LogP contribution >= 0.6 is 11.3 Å². The Bertz CT molecular complexity index is 880. The summed E-state index contributed by atoms with van der Waals surface area (Å²) in [6.45, 7) is 6.46. The number of aromatic amines is 1. The van der Waals surface area contributed by atoms with Gasteiger partial charge in [-0.25, -0.2) is 9.97 Å². The summed E-state index contributed by atoms with van der Waals surface area (Å²) in [7, 11) is 0. The Labute approximate surface area is 138 Å². The molecule has 0 amide bonds. The second-order valence-electron chi connectivity index (χ2n) is 5.44. The Morgan fingerprint density at radius 2 is 2.04 bits per heavy atom. The van der Waals surface area contributed by atoms with Gasteiger partial charge in [0.15, 0.2) is 0 Å². The first-order valence-corrected chi connectivity index (χ1v) is 8.23. The minimum atomic E-state index is -0.108. The standard InChI is InChI=1S/C17H18N4OS/c1-10-6-7-23-14(10)9-19-15-5-4-13(8-18-15)16-20-12(3)11(2)17(22)21-16/h4-8H,9H2,1-3H3,(H,18,19)(H,20,21,22). The molecule has 23 heavy (non-hydrogen) atoms. The van der Waals surface area contributed by atoms with E-state index in [-0.39, 0.29) is 5.56 Å². The van der Waals surface area contributed by atoms with Crippen LogP contribution in [-0.2, 0) is 6.54 Å². The van der Waals surface area contributed by atoms with E-state index >= 15 is 0 Å². The van der Waals surface area contributed by atoms with Crippen molar-refractivity contribution in [1.82, 2.24) is 15.0 Å². The maximum atomic E-state index is 11.8. The number of aryl methyl sites for hydroxylation is 2. The minimum absolute atomic E-state index is 0.108. The zero-order valence-corrected chi connectivity index (χ0v) is 14.1. The number of hydrogen-bond acceptors (Lipinski definition) is 5. The lowest BCUT2D eigenvalue weighted by molar-refractivity contribution is 1.03. The van der Waals surface area contributed by atoms with Gasteiger partial charge in [0, 0.05) is 27.9 Å². The predicted molar refractivity (Wildman–Crippen MR) is 93.9 cm³/mol. The van der Waals surface area contributed by atoms with Crippen molar-refractivity contribution in [2.75, 3.05) is 5.32 Å². The lowest BCUT2D eigenvalue weighted by atomic mass is 10.2. The highest BCUT2D eigenvalue weighted by Gasteiger charge is 2.07. The van der Waals surface area contributed by atoms with Crippen molar-refractivity contribution < 1.29 is 0 Å². The molecule has 0 aliphatic rings. The van der Waals surface area contributed by atoms with Gasteiger partial charge in [0.2, 0.25) is 0 Å². The number of hydrogen-bond donors (Lipinski definition) is 2. The molecule has 3 aromatic heterocycles. The van der Waals surface area contributed by atoms with Crippen LogP contribution in [-0.4, -0.2) is 15.0 Å². The Balaban J connectivity index is 1.77. The Kier molecular flexibility index (Phi) is 4.25. The van der Waals surface area contributed by atoms with Gasteiger partial charge < -0.3 is 10.3 Å². The molecule has 118 valence electrons. The number of H-pyrrole nitrogens is 1. The maximum absolute atomic E-state index is 11.8. The molecule has 0 bridgehead atoms. The number of nitrogens with zero attached hydrogens (tertiary/aromatic N) is 2. The first kappa shape index (κ1) is 15.4. The highest BCUT2D eigenvalue weighted by atomic mass is 32.1. The number of aromatic nitrogens is 3. The Morgan fingerprint density at radius 3 is 2.65 bits per heavy atom. The molecule has 0 aliphatic carbocycles. The minimum Gasteiger partial charge on any atom is -0.365 e. The summed E-state index contributed by atoms with van der Waals surface area (Å²) in [5, 5.41) is 5.39. The average Bonchev–Trinajstić information content (AvgIpc) is 2.96. The molecule has 3 heterocycles. The quantitative estimate of drug-likeness (QED) is 0.770. The van der Waals surface area contributed by atoms with E-state index in [9.17, 15) is 4.79 Å². The molecule has 0 radical (unpaired) electrons. The van der Waals surface area contributed by atoms with Gasteiger partial charge in [-0.05, 0) is 49.9 Å². The van der Waals surface area contributed by atoms with Crippen molar-refractivity contribution >= 4 is 17.2 Å². The normalized spacial score (nSPS) is 10.7. The molecule has 5 nitrogen and oxygen atoms in total. The lowest BCUT2D eigenvalue weighted by Gasteiger charge is -2.07. The van der Waals surface area contributed by atoms with Crippen LogP contribution in [0.25, 0.3) is 11.4 Å². The van der Waals surface area contributed by atoms with Gasteiger partial charge in [-0.15, -0.1) is 11.3 Å². The summed E-state index contributed by atoms with van der Waals surface area (Å²) in [4.78, 5) is 24.7. The second-order valence-corrected chi connectivity index (χ2v) is 6.44. The van der Waals surface area contributed by atoms with E-state index < -0.39 is 0 Å². The van der Waals surface area contributed by atoms with Crippen LogP contribution < -0.4 is 10.9 Å². The van der Waals surface area contributed by atoms with E-state index in [4.69, 9.17) is 0 Å². The largest absolute Gasteiger partial charge is 0.365 e. The number of nitrogens with one attached hydrogen (secondary N) is 2. The van der Waals surface area contributed by atoms with Crippen molar-refractivity contribution in [2.45, 2.75) is 27.3 Å². The highest BCUT2D eigenvalue weighted by molar-refractivity contribution is 7.10. The Hall–Kier alpha value is -2.47. The molecule has 0 fully saturated rings. The molecule has 0 unspecified atom stereocenters. The average molecular weight is 326 g/mol. The molecular weight excluding hydrogens is 308 g/mol. The van der Waals surface area contributed by atoms with Gasteiger partial charge in [0.1, 0.15) is 11.6 Å². The fraction of sp³-hybridized carbons (Fsp3) is 0.235. The Morgan fingerprint density at radius 1 is 1.22 bits per heavy atom. The molecule has 0 saturated heterocycles. The fourth-order valence-electron chi connectivity index (χ4n) is 2.18. The molecule has 2 N–H and O–H groups in total. The van der Waals surface area contributed by atoms with Gasteiger partial charge in [-0.3, -0.25) is 4.79 Å². The molecule has 0 aliphatic heterocycles. The zero-order valence-electron chi connectivity index (χ0n) is 13.3. The van der Waals surface area contributed by atoms with Crippen LogP contribution in [0.5, 0.6) is 0 Å². The molecule has 0 spiro atoms. The van der Waals surface area contributed by atoms with E-state index in [1.54, 1.807) is 24.5 Å². The number of rotatable bonds is 4. The van der Waals surface area contributed by atoms with Gasteiger partial charge in [-0.2, -0.15) is 0 Å². The number of anilines is 1. The van der Waals surface area contributed by atoms with E-state index in [1.165, 1.54) is 10.4 Å². The van der Waals surface area contributed by atoms with Crippen LogP contribution in [0.2, 0.25) is 0 Å². The molecule has 0 aromatic carbocycles. The predicted octanol–water partition coefficient (Wildman–Crippen LogP) is 3.43. The van der Waals surface area contributed by atoms with Gasteiger partial charge in [0.05, 0.1) is 6.54 Å². The third-order valence-corrected chi connectivity index (χ3v) is 4.85. The van der Waals surface area contributed by atoms with E-state index in [0.717, 1.165) is 23.6 Å². The first-order chi connectivity index (χ1) is 11.0. The van der Waals surface area contributed by atoms with Gasteiger partial charge in [-0.1, -0.05) is 0 Å². The van der Waals surface area contributed by atoms with E-state index in [2.05, 4.69) is 38.6 Å². The van der Waals surface area contributed by atoms with Crippen molar-refractivity contribution in [3.63, 3.8) is 0 Å². The van der Waals surface area contributed by atoms with Crippen LogP contribution in [0.15, 0.2) is 34.6 Å². The lowest BCUT2D eigenvalue weighted by Crippen LogP contribution is -2.14. The van der Waals surface area contributed by atoms with E-state index in [0.29, 0.717) is 11.4 Å². The molecule has 0 saturated carbocycles. The van der Waals surface area contributed by atoms with Gasteiger partial charge >= 0.3 is 0 Å². The SMILES string of the molecule is Cc1ccsc1CNc1ccc(-c2nc(C)c(C)c(=O)[nH]2)cn1. The smallest absolute Gasteiger partial charge is 0.254 e. The summed E-state index contributed by atoms with van der Waals surface area (Å²) >= 11 is 1.73. The molecule has 3 rings (SSSR count). The van der Waals surface area contributed by atoms with Crippen LogP contribution in [0.1, 0.15) is 21.7 Å². The second kappa shape index (κ2) is 6.34. The third-order valence-electron chi connectivity index (χ3n) is 3.83.